The summed E-state index contributed by atoms with van der Waals surface area (Å²) in [6, 6.07) is 43.1. The summed E-state index contributed by atoms with van der Waals surface area (Å²) < 4.78 is 0. The van der Waals surface area contributed by atoms with Gasteiger partial charge in [0.15, 0.2) is 0 Å². The van der Waals surface area contributed by atoms with Crippen LogP contribution < -0.4 is 4.90 Å². The van der Waals surface area contributed by atoms with Crippen molar-refractivity contribution in [2.24, 2.45) is 23.7 Å². The van der Waals surface area contributed by atoms with Crippen LogP contribution in [-0.4, -0.2) is 11.0 Å². The lowest BCUT2D eigenvalue weighted by Gasteiger charge is -2.34. The topological polar surface area (TPSA) is 16.1 Å². The Labute approximate surface area is 371 Å². The van der Waals surface area contributed by atoms with E-state index in [0.29, 0.717) is 29.7 Å². The van der Waals surface area contributed by atoms with Gasteiger partial charge in [-0.05, 0) is 153 Å². The number of rotatable bonds is 7. The number of pyridine rings is 1. The van der Waals surface area contributed by atoms with E-state index in [-0.39, 0.29) is 0 Å². The first kappa shape index (κ1) is 37.9. The van der Waals surface area contributed by atoms with Crippen molar-refractivity contribution in [1.29, 1.82) is 0 Å². The Morgan fingerprint density at radius 3 is 2.35 bits per heavy atom. The number of benzene rings is 6. The lowest BCUT2D eigenvalue weighted by Crippen LogP contribution is -2.30. The van der Waals surface area contributed by atoms with E-state index in [1.54, 1.807) is 0 Å². The molecule has 0 N–H and O–H groups in total. The van der Waals surface area contributed by atoms with Crippen molar-refractivity contribution in [3.63, 3.8) is 0 Å². The van der Waals surface area contributed by atoms with E-state index in [2.05, 4.69) is 199 Å². The van der Waals surface area contributed by atoms with Gasteiger partial charge in [-0.2, -0.15) is 0 Å². The van der Waals surface area contributed by atoms with E-state index in [9.17, 15) is 0 Å². The molecule has 306 valence electrons. The Morgan fingerprint density at radius 2 is 1.46 bits per heavy atom. The minimum atomic E-state index is 0.366. The van der Waals surface area contributed by atoms with Crippen molar-refractivity contribution in [2.45, 2.75) is 51.0 Å². The van der Waals surface area contributed by atoms with Crippen LogP contribution >= 0.6 is 0 Å². The number of hydrogen-bond acceptors (Lipinski definition) is 2. The second kappa shape index (κ2) is 16.2. The second-order valence-electron chi connectivity index (χ2n) is 18.4. The summed E-state index contributed by atoms with van der Waals surface area (Å²) in [6.45, 7) is 0. The number of anilines is 2. The SMILES string of the molecule is C1=CC(C2=CC(C3C=CC(c4ccc5ccc6cc(N(c7ccccc7)C7C=CCCC7)ccc6c5c4)=CC3)CC=C2)CC(C2C=Cc3c(c4ncccc4c4ccccc34)C2)=C1. The number of para-hydroxylation sites is 1. The monoisotopic (exact) mass is 812 g/mol. The summed E-state index contributed by atoms with van der Waals surface area (Å²) in [6.07, 6.45) is 41.3. The Hall–Kier alpha value is -6.77. The predicted molar refractivity (Wildman–Crippen MR) is 268 cm³/mol. The maximum Gasteiger partial charge on any atom is 0.0746 e. The van der Waals surface area contributed by atoms with Crippen LogP contribution in [0.4, 0.5) is 11.4 Å². The Balaban J connectivity index is 0.756. The number of aromatic nitrogens is 1. The molecule has 12 rings (SSSR count). The fourth-order valence-corrected chi connectivity index (χ4v) is 11.4. The zero-order chi connectivity index (χ0) is 41.7. The molecule has 5 aliphatic rings. The van der Waals surface area contributed by atoms with Crippen LogP contribution in [0.3, 0.4) is 0 Å². The second-order valence-corrected chi connectivity index (χ2v) is 18.4. The van der Waals surface area contributed by atoms with Crippen LogP contribution in [0, 0.1) is 23.7 Å². The van der Waals surface area contributed by atoms with Gasteiger partial charge in [-0.25, -0.2) is 0 Å². The van der Waals surface area contributed by atoms with Crippen LogP contribution in [0.1, 0.15) is 55.2 Å². The van der Waals surface area contributed by atoms with Gasteiger partial charge in [-0.3, -0.25) is 4.98 Å². The fraction of sp³-hybridized carbons (Fsp3) is 0.197. The largest absolute Gasteiger partial charge is 0.335 e. The van der Waals surface area contributed by atoms with Gasteiger partial charge in [0.25, 0.3) is 0 Å². The molecule has 0 spiro atoms. The van der Waals surface area contributed by atoms with Crippen LogP contribution in [0.2, 0.25) is 0 Å². The zero-order valence-corrected chi connectivity index (χ0v) is 35.8. The third-order valence-electron chi connectivity index (χ3n) is 14.7. The average Bonchev–Trinajstić information content (AvgIpc) is 3.37. The molecular formula is C61H52N2. The van der Waals surface area contributed by atoms with Crippen LogP contribution in [0.5, 0.6) is 0 Å². The van der Waals surface area contributed by atoms with Crippen LogP contribution in [0.15, 0.2) is 206 Å². The molecule has 1 aromatic heterocycles. The number of fused-ring (bicyclic) bond motifs is 9. The lowest BCUT2D eigenvalue weighted by atomic mass is 9.74. The molecule has 0 saturated carbocycles. The molecule has 2 heteroatoms. The van der Waals surface area contributed by atoms with Gasteiger partial charge in [-0.1, -0.05) is 163 Å². The molecule has 0 bridgehead atoms. The molecule has 0 aliphatic heterocycles. The van der Waals surface area contributed by atoms with E-state index < -0.39 is 0 Å². The highest BCUT2D eigenvalue weighted by Crippen LogP contribution is 2.43. The molecule has 2 nitrogen and oxygen atoms in total. The maximum absolute atomic E-state index is 4.94. The predicted octanol–water partition coefficient (Wildman–Crippen LogP) is 15.8. The summed E-state index contributed by atoms with van der Waals surface area (Å²) in [5, 5.41) is 9.10. The Bertz CT molecular complexity index is 3190. The van der Waals surface area contributed by atoms with Gasteiger partial charge in [0.05, 0.1) is 11.6 Å². The molecule has 0 fully saturated rings. The molecular weight excluding hydrogens is 761 g/mol. The first-order valence-corrected chi connectivity index (χ1v) is 23.3. The zero-order valence-electron chi connectivity index (χ0n) is 35.8. The highest BCUT2D eigenvalue weighted by Gasteiger charge is 2.28. The number of hydrogen-bond donors (Lipinski definition) is 0. The van der Waals surface area contributed by atoms with Gasteiger partial charge in [-0.15, -0.1) is 0 Å². The minimum absolute atomic E-state index is 0.366. The van der Waals surface area contributed by atoms with Crippen molar-refractivity contribution < 1.29 is 0 Å². The summed E-state index contributed by atoms with van der Waals surface area (Å²) in [7, 11) is 0. The van der Waals surface area contributed by atoms with Gasteiger partial charge >= 0.3 is 0 Å². The molecule has 5 unspecified atom stereocenters. The van der Waals surface area contributed by atoms with Crippen molar-refractivity contribution in [3.05, 3.63) is 222 Å². The van der Waals surface area contributed by atoms with E-state index in [1.165, 1.54) is 102 Å². The molecule has 0 saturated heterocycles. The van der Waals surface area contributed by atoms with Gasteiger partial charge in [0.2, 0.25) is 0 Å². The normalized spacial score (nSPS) is 22.9. The van der Waals surface area contributed by atoms with Crippen molar-refractivity contribution >= 4 is 66.2 Å². The van der Waals surface area contributed by atoms with Crippen molar-refractivity contribution in [1.82, 2.24) is 4.98 Å². The summed E-state index contributed by atoms with van der Waals surface area (Å²) in [4.78, 5) is 7.47. The third kappa shape index (κ3) is 7.03. The molecule has 6 aromatic carbocycles. The summed E-state index contributed by atoms with van der Waals surface area (Å²) >= 11 is 0. The molecule has 5 aliphatic carbocycles. The first-order valence-electron chi connectivity index (χ1n) is 23.3. The Kier molecular flexibility index (Phi) is 9.74. The number of allylic oxidation sites excluding steroid dienone is 14. The molecule has 1 heterocycles. The molecule has 0 radical (unpaired) electrons. The summed E-state index contributed by atoms with van der Waals surface area (Å²) in [5.41, 5.74) is 12.0. The molecule has 5 atom stereocenters. The highest BCUT2D eigenvalue weighted by molar-refractivity contribution is 6.12. The van der Waals surface area contributed by atoms with Crippen molar-refractivity contribution in [3.8, 4) is 0 Å². The van der Waals surface area contributed by atoms with Gasteiger partial charge < -0.3 is 4.90 Å². The van der Waals surface area contributed by atoms with Crippen molar-refractivity contribution in [2.75, 3.05) is 4.90 Å². The van der Waals surface area contributed by atoms with Crippen LogP contribution in [-0.2, 0) is 6.42 Å². The van der Waals surface area contributed by atoms with E-state index in [0.717, 1.165) is 31.2 Å². The summed E-state index contributed by atoms with van der Waals surface area (Å²) in [5.74, 6) is 1.78. The molecule has 63 heavy (non-hydrogen) atoms. The quantitative estimate of drug-likeness (QED) is 0.118. The minimum Gasteiger partial charge on any atom is -0.335 e. The van der Waals surface area contributed by atoms with Gasteiger partial charge in [0, 0.05) is 34.8 Å². The number of nitrogens with zero attached hydrogens (tertiary/aromatic N) is 2. The smallest absolute Gasteiger partial charge is 0.0746 e. The fourth-order valence-electron chi connectivity index (χ4n) is 11.4. The third-order valence-corrected chi connectivity index (χ3v) is 14.7. The van der Waals surface area contributed by atoms with E-state index in [1.807, 2.05) is 6.20 Å². The highest BCUT2D eigenvalue weighted by atomic mass is 15.2. The Morgan fingerprint density at radius 1 is 0.587 bits per heavy atom. The standard InChI is InChI=1S/C61H52N2/c1-3-16-51(17-4-1)63(52-18-5-2-6-19-52)53-32-34-54-50(38-53)30-28-43-27-29-48(39-59(43)54)42-25-23-41(24-26-42)44-12-9-13-45(36-44)46-14-10-15-47(37-46)49-31-33-57-55-20-7-8-21-56(55)58-22-11-35-62-61(58)60(57)40-49/h1,3-5,7-11,13-18,20-23,25-36,38-39,41,44,46,49,52H,2,6,12,19,24,37,40H2. The van der Waals surface area contributed by atoms with Gasteiger partial charge in [0.1, 0.15) is 0 Å². The van der Waals surface area contributed by atoms with E-state index in [4.69, 9.17) is 4.98 Å². The molecule has 0 amide bonds. The molecule has 7 aromatic rings. The van der Waals surface area contributed by atoms with Crippen LogP contribution in [0.25, 0.3) is 54.9 Å². The lowest BCUT2D eigenvalue weighted by molar-refractivity contribution is 0.471. The average molecular weight is 813 g/mol. The first-order chi connectivity index (χ1) is 31.2. The van der Waals surface area contributed by atoms with E-state index >= 15 is 0 Å². The maximum atomic E-state index is 4.94.